The highest BCUT2D eigenvalue weighted by Gasteiger charge is 2.21. The number of rotatable bonds is 4. The zero-order valence-electron chi connectivity index (χ0n) is 10.2. The van der Waals surface area contributed by atoms with Gasteiger partial charge in [0, 0.05) is 17.5 Å². The first-order valence-electron chi connectivity index (χ1n) is 5.86. The molecule has 2 aromatic carbocycles. The molecule has 4 N–H and O–H groups in total. The standard InChI is InChI=1S/C14H17NO3/c1-15-8-12(16)14(18)11-7-6-9-4-2-3-5-10(9)13(11)17/h2-7,12,14-18H,8H2,1H3. The highest BCUT2D eigenvalue weighted by atomic mass is 16.3. The van der Waals surface area contributed by atoms with Gasteiger partial charge >= 0.3 is 0 Å². The van der Waals surface area contributed by atoms with Gasteiger partial charge in [0.2, 0.25) is 0 Å². The van der Waals surface area contributed by atoms with Crippen molar-refractivity contribution >= 4 is 10.8 Å². The van der Waals surface area contributed by atoms with Crippen LogP contribution in [0.3, 0.4) is 0 Å². The molecule has 0 aromatic heterocycles. The Morgan fingerprint density at radius 3 is 2.56 bits per heavy atom. The monoisotopic (exact) mass is 247 g/mol. The van der Waals surface area contributed by atoms with Gasteiger partial charge in [-0.1, -0.05) is 36.4 Å². The quantitative estimate of drug-likeness (QED) is 0.654. The Balaban J connectivity index is 2.42. The number of fused-ring (bicyclic) bond motifs is 1. The maximum Gasteiger partial charge on any atom is 0.129 e. The summed E-state index contributed by atoms with van der Waals surface area (Å²) in [5.41, 5.74) is 0.344. The van der Waals surface area contributed by atoms with Crippen molar-refractivity contribution in [2.75, 3.05) is 13.6 Å². The van der Waals surface area contributed by atoms with E-state index >= 15 is 0 Å². The van der Waals surface area contributed by atoms with Gasteiger partial charge in [0.05, 0.1) is 6.10 Å². The van der Waals surface area contributed by atoms with Crippen LogP contribution in [0, 0.1) is 0 Å². The van der Waals surface area contributed by atoms with E-state index in [9.17, 15) is 15.3 Å². The van der Waals surface area contributed by atoms with Gasteiger partial charge in [-0.25, -0.2) is 0 Å². The van der Waals surface area contributed by atoms with Gasteiger partial charge < -0.3 is 20.6 Å². The number of likely N-dealkylation sites (N-methyl/N-ethyl adjacent to an activating group) is 1. The fraction of sp³-hybridized carbons (Fsp3) is 0.286. The lowest BCUT2D eigenvalue weighted by Crippen LogP contribution is -2.29. The molecule has 0 aliphatic carbocycles. The minimum atomic E-state index is -1.11. The highest BCUT2D eigenvalue weighted by Crippen LogP contribution is 2.33. The number of aliphatic hydroxyl groups is 2. The van der Waals surface area contributed by atoms with Gasteiger partial charge in [-0.2, -0.15) is 0 Å². The maximum absolute atomic E-state index is 10.1. The lowest BCUT2D eigenvalue weighted by Gasteiger charge is -2.19. The van der Waals surface area contributed by atoms with E-state index in [4.69, 9.17) is 0 Å². The molecular formula is C14H17NO3. The second-order valence-electron chi connectivity index (χ2n) is 4.29. The predicted molar refractivity (Wildman–Crippen MR) is 70.5 cm³/mol. The van der Waals surface area contributed by atoms with Crippen molar-refractivity contribution < 1.29 is 15.3 Å². The van der Waals surface area contributed by atoms with E-state index in [0.29, 0.717) is 10.9 Å². The van der Waals surface area contributed by atoms with E-state index in [-0.39, 0.29) is 12.3 Å². The van der Waals surface area contributed by atoms with Crippen molar-refractivity contribution in [1.29, 1.82) is 0 Å². The third-order valence-corrected chi connectivity index (χ3v) is 3.03. The van der Waals surface area contributed by atoms with Crippen LogP contribution in [0.4, 0.5) is 0 Å². The number of phenolic OH excluding ortho intramolecular Hbond substituents is 1. The summed E-state index contributed by atoms with van der Waals surface area (Å²) in [6, 6.07) is 10.8. The Labute approximate surface area is 106 Å². The molecule has 0 radical (unpaired) electrons. The molecule has 0 bridgehead atoms. The largest absolute Gasteiger partial charge is 0.507 e. The molecule has 0 aliphatic rings. The van der Waals surface area contributed by atoms with E-state index in [1.165, 1.54) is 0 Å². The Kier molecular flexibility index (Phi) is 3.81. The highest BCUT2D eigenvalue weighted by molar-refractivity contribution is 5.89. The summed E-state index contributed by atoms with van der Waals surface area (Å²) < 4.78 is 0. The van der Waals surface area contributed by atoms with Crippen molar-refractivity contribution in [3.8, 4) is 5.75 Å². The third-order valence-electron chi connectivity index (χ3n) is 3.03. The average molecular weight is 247 g/mol. The zero-order valence-corrected chi connectivity index (χ0v) is 10.2. The summed E-state index contributed by atoms with van der Waals surface area (Å²) in [7, 11) is 1.69. The molecule has 2 aromatic rings. The number of nitrogens with one attached hydrogen (secondary N) is 1. The predicted octanol–water partition coefficient (Wildman–Crippen LogP) is 1.16. The average Bonchev–Trinajstić information content (AvgIpc) is 2.39. The number of hydrogen-bond donors (Lipinski definition) is 4. The molecule has 2 atom stereocenters. The van der Waals surface area contributed by atoms with Crippen LogP contribution in [0.5, 0.6) is 5.75 Å². The van der Waals surface area contributed by atoms with E-state index < -0.39 is 12.2 Å². The van der Waals surface area contributed by atoms with Crippen molar-refractivity contribution in [2.45, 2.75) is 12.2 Å². The van der Waals surface area contributed by atoms with Gasteiger partial charge in [0.25, 0.3) is 0 Å². The number of aromatic hydroxyl groups is 1. The normalized spacial score (nSPS) is 14.6. The molecule has 96 valence electrons. The molecule has 0 saturated carbocycles. The fourth-order valence-corrected chi connectivity index (χ4v) is 2.04. The van der Waals surface area contributed by atoms with Gasteiger partial charge in [-0.15, -0.1) is 0 Å². The first kappa shape index (κ1) is 12.8. The number of hydrogen-bond acceptors (Lipinski definition) is 4. The van der Waals surface area contributed by atoms with Crippen molar-refractivity contribution in [3.05, 3.63) is 42.0 Å². The van der Waals surface area contributed by atoms with Gasteiger partial charge in [0.15, 0.2) is 0 Å². The zero-order chi connectivity index (χ0) is 13.1. The van der Waals surface area contributed by atoms with Crippen molar-refractivity contribution in [1.82, 2.24) is 5.32 Å². The van der Waals surface area contributed by atoms with Crippen molar-refractivity contribution in [2.24, 2.45) is 0 Å². The molecule has 0 amide bonds. The summed E-state index contributed by atoms with van der Waals surface area (Å²) in [6.45, 7) is 0.257. The summed E-state index contributed by atoms with van der Waals surface area (Å²) >= 11 is 0. The summed E-state index contributed by atoms with van der Waals surface area (Å²) in [5.74, 6) is 0.0238. The van der Waals surface area contributed by atoms with Crippen LogP contribution < -0.4 is 5.32 Å². The lowest BCUT2D eigenvalue weighted by atomic mass is 9.99. The molecule has 0 fully saturated rings. The van der Waals surface area contributed by atoms with E-state index in [1.54, 1.807) is 19.2 Å². The van der Waals surface area contributed by atoms with E-state index in [1.807, 2.05) is 24.3 Å². The summed E-state index contributed by atoms with van der Waals surface area (Å²) in [4.78, 5) is 0. The molecule has 2 rings (SSSR count). The Morgan fingerprint density at radius 1 is 1.11 bits per heavy atom. The van der Waals surface area contributed by atoms with Crippen LogP contribution in [0.2, 0.25) is 0 Å². The molecule has 4 nitrogen and oxygen atoms in total. The first-order valence-corrected chi connectivity index (χ1v) is 5.86. The second-order valence-corrected chi connectivity index (χ2v) is 4.29. The van der Waals surface area contributed by atoms with Crippen LogP contribution in [-0.4, -0.2) is 35.0 Å². The molecule has 18 heavy (non-hydrogen) atoms. The van der Waals surface area contributed by atoms with Crippen molar-refractivity contribution in [3.63, 3.8) is 0 Å². The van der Waals surface area contributed by atoms with Crippen LogP contribution >= 0.6 is 0 Å². The minimum Gasteiger partial charge on any atom is -0.507 e. The smallest absolute Gasteiger partial charge is 0.129 e. The Hall–Kier alpha value is -1.62. The SMILES string of the molecule is CNCC(O)C(O)c1ccc2ccccc2c1O. The topological polar surface area (TPSA) is 72.7 Å². The number of phenols is 1. The Morgan fingerprint density at radius 2 is 1.83 bits per heavy atom. The van der Waals surface area contributed by atoms with Crippen LogP contribution in [0.1, 0.15) is 11.7 Å². The van der Waals surface area contributed by atoms with Crippen LogP contribution in [0.15, 0.2) is 36.4 Å². The molecule has 0 spiro atoms. The lowest BCUT2D eigenvalue weighted by molar-refractivity contribution is 0.0190. The molecule has 2 unspecified atom stereocenters. The summed E-state index contributed by atoms with van der Waals surface area (Å²) in [5, 5.41) is 34.3. The number of benzene rings is 2. The third kappa shape index (κ3) is 2.31. The molecule has 0 heterocycles. The maximum atomic E-state index is 10.1. The number of aliphatic hydroxyl groups excluding tert-OH is 2. The van der Waals surface area contributed by atoms with Gasteiger partial charge in [-0.3, -0.25) is 0 Å². The second kappa shape index (κ2) is 5.35. The fourth-order valence-electron chi connectivity index (χ4n) is 2.04. The first-order chi connectivity index (χ1) is 8.65. The molecule has 0 saturated heterocycles. The van der Waals surface area contributed by atoms with Gasteiger partial charge in [0.1, 0.15) is 11.9 Å². The van der Waals surface area contributed by atoms with Crippen LogP contribution in [-0.2, 0) is 0 Å². The molecule has 4 heteroatoms. The molecule has 0 aliphatic heterocycles. The Bertz CT molecular complexity index is 542. The molecular weight excluding hydrogens is 230 g/mol. The summed E-state index contributed by atoms with van der Waals surface area (Å²) in [6.07, 6.45) is -2.07. The van der Waals surface area contributed by atoms with E-state index in [0.717, 1.165) is 5.39 Å². The van der Waals surface area contributed by atoms with Crippen LogP contribution in [0.25, 0.3) is 10.8 Å². The minimum absolute atomic E-state index is 0.0238. The van der Waals surface area contributed by atoms with E-state index in [2.05, 4.69) is 5.32 Å². The van der Waals surface area contributed by atoms with Gasteiger partial charge in [-0.05, 0) is 12.4 Å².